The van der Waals surface area contributed by atoms with E-state index in [0.29, 0.717) is 6.54 Å². The van der Waals surface area contributed by atoms with Gasteiger partial charge in [-0.3, -0.25) is 9.59 Å². The van der Waals surface area contributed by atoms with Crippen LogP contribution in [-0.2, 0) is 14.3 Å². The first-order valence-electron chi connectivity index (χ1n) is 5.10. The van der Waals surface area contributed by atoms with E-state index >= 15 is 0 Å². The van der Waals surface area contributed by atoms with Gasteiger partial charge in [0.2, 0.25) is 0 Å². The minimum atomic E-state index is -0.881. The number of carboxylic acids is 1. The molecule has 84 valence electrons. The Morgan fingerprint density at radius 1 is 1.60 bits per heavy atom. The normalized spacial score (nSPS) is 38.3. The zero-order valence-electron chi connectivity index (χ0n) is 8.82. The molecule has 0 aromatic rings. The predicted octanol–water partition coefficient (Wildman–Crippen LogP) is 0.000700. The average molecular weight is 213 g/mol. The van der Waals surface area contributed by atoms with Crippen LogP contribution in [0.4, 0.5) is 0 Å². The molecular formula is C10H15NO4. The first kappa shape index (κ1) is 10.4. The molecule has 2 saturated heterocycles. The standard InChI is InChI=1S/C10H15NO4/c1-10(2)6-4-11-8(9(13)14)5(6)3-7(12)15-10/h5-6,8,11H,3-4H2,1-2H3,(H,13,14)/t5?,6?,8-/m0/s1. The number of carbonyl (C=O) groups excluding carboxylic acids is 1. The second-order valence-corrected chi connectivity index (χ2v) is 4.78. The molecule has 2 aliphatic heterocycles. The summed E-state index contributed by atoms with van der Waals surface area (Å²) < 4.78 is 5.24. The molecule has 2 unspecified atom stereocenters. The van der Waals surface area contributed by atoms with Gasteiger partial charge in [0.05, 0.1) is 6.42 Å². The summed E-state index contributed by atoms with van der Waals surface area (Å²) in [6.45, 7) is 4.28. The van der Waals surface area contributed by atoms with Gasteiger partial charge < -0.3 is 15.2 Å². The molecule has 0 spiro atoms. The summed E-state index contributed by atoms with van der Waals surface area (Å²) in [5.41, 5.74) is -0.558. The van der Waals surface area contributed by atoms with Gasteiger partial charge in [-0.15, -0.1) is 0 Å². The molecule has 0 bridgehead atoms. The molecule has 2 fully saturated rings. The van der Waals surface area contributed by atoms with Crippen LogP contribution in [0.3, 0.4) is 0 Å². The van der Waals surface area contributed by atoms with Gasteiger partial charge in [0.15, 0.2) is 0 Å². The summed E-state index contributed by atoms with van der Waals surface area (Å²) in [7, 11) is 0. The number of hydrogen-bond donors (Lipinski definition) is 2. The van der Waals surface area contributed by atoms with E-state index in [1.807, 2.05) is 13.8 Å². The Kier molecular flexibility index (Phi) is 2.22. The number of ether oxygens (including phenoxy) is 1. The van der Waals surface area contributed by atoms with Gasteiger partial charge in [0.1, 0.15) is 11.6 Å². The fourth-order valence-electron chi connectivity index (χ4n) is 2.68. The minimum Gasteiger partial charge on any atom is -0.480 e. The highest BCUT2D eigenvalue weighted by molar-refractivity contribution is 5.78. The molecule has 0 radical (unpaired) electrons. The van der Waals surface area contributed by atoms with Crippen molar-refractivity contribution in [3.63, 3.8) is 0 Å². The Labute approximate surface area is 87.8 Å². The Hall–Kier alpha value is -1.10. The highest BCUT2D eigenvalue weighted by Gasteiger charge is 2.52. The van der Waals surface area contributed by atoms with E-state index in [1.165, 1.54) is 0 Å². The summed E-state index contributed by atoms with van der Waals surface area (Å²) in [5, 5.41) is 11.9. The topological polar surface area (TPSA) is 75.6 Å². The molecule has 2 rings (SSSR count). The van der Waals surface area contributed by atoms with Crippen molar-refractivity contribution < 1.29 is 19.4 Å². The molecule has 0 amide bonds. The van der Waals surface area contributed by atoms with E-state index in [1.54, 1.807) is 0 Å². The third-order valence-electron chi connectivity index (χ3n) is 3.44. The molecule has 5 nitrogen and oxygen atoms in total. The zero-order valence-corrected chi connectivity index (χ0v) is 8.82. The largest absolute Gasteiger partial charge is 0.480 e. The lowest BCUT2D eigenvalue weighted by molar-refractivity contribution is -0.175. The third-order valence-corrected chi connectivity index (χ3v) is 3.44. The fraction of sp³-hybridized carbons (Fsp3) is 0.800. The Balaban J connectivity index is 2.24. The molecule has 15 heavy (non-hydrogen) atoms. The first-order valence-corrected chi connectivity index (χ1v) is 5.10. The number of nitrogens with one attached hydrogen (secondary N) is 1. The third kappa shape index (κ3) is 1.61. The summed E-state index contributed by atoms with van der Waals surface area (Å²) in [6.07, 6.45) is 0.206. The monoisotopic (exact) mass is 213 g/mol. The predicted molar refractivity (Wildman–Crippen MR) is 51.2 cm³/mol. The number of hydrogen-bond acceptors (Lipinski definition) is 4. The molecular weight excluding hydrogens is 198 g/mol. The maximum Gasteiger partial charge on any atom is 0.321 e. The van der Waals surface area contributed by atoms with Crippen molar-refractivity contribution in [3.05, 3.63) is 0 Å². The smallest absolute Gasteiger partial charge is 0.321 e. The number of aliphatic carboxylic acids is 1. The summed E-state index contributed by atoms with van der Waals surface area (Å²) >= 11 is 0. The second kappa shape index (κ2) is 3.20. The quantitative estimate of drug-likeness (QED) is 0.600. The Morgan fingerprint density at radius 3 is 2.87 bits per heavy atom. The van der Waals surface area contributed by atoms with Gasteiger partial charge in [-0.05, 0) is 13.8 Å². The lowest BCUT2D eigenvalue weighted by atomic mass is 9.76. The molecule has 2 heterocycles. The molecule has 0 aliphatic carbocycles. The number of carboxylic acid groups (broad SMARTS) is 1. The molecule has 0 saturated carbocycles. The van der Waals surface area contributed by atoms with Gasteiger partial charge in [0.25, 0.3) is 0 Å². The number of rotatable bonds is 1. The Morgan fingerprint density at radius 2 is 2.27 bits per heavy atom. The van der Waals surface area contributed by atoms with E-state index < -0.39 is 17.6 Å². The Bertz CT molecular complexity index is 313. The van der Waals surface area contributed by atoms with Crippen molar-refractivity contribution in [2.24, 2.45) is 11.8 Å². The van der Waals surface area contributed by atoms with Crippen LogP contribution in [0.15, 0.2) is 0 Å². The lowest BCUT2D eigenvalue weighted by Gasteiger charge is -2.39. The fourth-order valence-corrected chi connectivity index (χ4v) is 2.68. The van der Waals surface area contributed by atoms with E-state index in [9.17, 15) is 9.59 Å². The first-order chi connectivity index (χ1) is 6.92. The maximum absolute atomic E-state index is 11.3. The number of carbonyl (C=O) groups is 2. The van der Waals surface area contributed by atoms with Gasteiger partial charge in [-0.25, -0.2) is 0 Å². The van der Waals surface area contributed by atoms with E-state index in [0.717, 1.165) is 0 Å². The van der Waals surface area contributed by atoms with Gasteiger partial charge in [0, 0.05) is 18.4 Å². The van der Waals surface area contributed by atoms with Gasteiger partial charge in [-0.2, -0.15) is 0 Å². The van der Waals surface area contributed by atoms with Crippen LogP contribution in [0.2, 0.25) is 0 Å². The van der Waals surface area contributed by atoms with E-state index in [2.05, 4.69) is 5.32 Å². The zero-order chi connectivity index (χ0) is 11.2. The van der Waals surface area contributed by atoms with Crippen molar-refractivity contribution in [1.29, 1.82) is 0 Å². The molecule has 0 aromatic carbocycles. The molecule has 5 heteroatoms. The van der Waals surface area contributed by atoms with Crippen LogP contribution in [0.5, 0.6) is 0 Å². The van der Waals surface area contributed by atoms with E-state index in [4.69, 9.17) is 9.84 Å². The summed E-state index contributed by atoms with van der Waals surface area (Å²) in [5.74, 6) is -1.22. The highest BCUT2D eigenvalue weighted by atomic mass is 16.6. The second-order valence-electron chi connectivity index (χ2n) is 4.78. The molecule has 3 atom stereocenters. The van der Waals surface area contributed by atoms with Gasteiger partial charge >= 0.3 is 11.9 Å². The maximum atomic E-state index is 11.3. The number of esters is 1. The van der Waals surface area contributed by atoms with Crippen LogP contribution < -0.4 is 5.32 Å². The molecule has 2 N–H and O–H groups in total. The summed E-state index contributed by atoms with van der Waals surface area (Å²) in [6, 6.07) is -0.609. The SMILES string of the molecule is CC1(C)OC(=O)CC2C1CN[C@@H]2C(=O)O. The van der Waals surface area contributed by atoms with Crippen molar-refractivity contribution in [2.75, 3.05) is 6.54 Å². The highest BCUT2D eigenvalue weighted by Crippen LogP contribution is 2.40. The van der Waals surface area contributed by atoms with Crippen LogP contribution in [0.25, 0.3) is 0 Å². The van der Waals surface area contributed by atoms with Crippen molar-refractivity contribution in [3.8, 4) is 0 Å². The van der Waals surface area contributed by atoms with Crippen LogP contribution >= 0.6 is 0 Å². The average Bonchev–Trinajstić information content (AvgIpc) is 2.45. The van der Waals surface area contributed by atoms with Crippen LogP contribution in [0, 0.1) is 11.8 Å². The molecule has 2 aliphatic rings. The number of cyclic esters (lactones) is 1. The molecule has 0 aromatic heterocycles. The van der Waals surface area contributed by atoms with Gasteiger partial charge in [-0.1, -0.05) is 0 Å². The number of fused-ring (bicyclic) bond motifs is 1. The van der Waals surface area contributed by atoms with Crippen molar-refractivity contribution >= 4 is 11.9 Å². The summed E-state index contributed by atoms with van der Waals surface area (Å²) in [4.78, 5) is 22.3. The minimum absolute atomic E-state index is 0.0938. The van der Waals surface area contributed by atoms with Crippen molar-refractivity contribution in [1.82, 2.24) is 5.32 Å². The van der Waals surface area contributed by atoms with Crippen LogP contribution in [0.1, 0.15) is 20.3 Å². The lowest BCUT2D eigenvalue weighted by Crippen LogP contribution is -2.48. The van der Waals surface area contributed by atoms with Crippen molar-refractivity contribution in [2.45, 2.75) is 31.9 Å². The van der Waals surface area contributed by atoms with Crippen LogP contribution in [-0.4, -0.2) is 35.2 Å². The van der Waals surface area contributed by atoms with E-state index in [-0.39, 0.29) is 24.2 Å².